The van der Waals surface area contributed by atoms with Crippen molar-refractivity contribution in [1.82, 2.24) is 15.3 Å². The van der Waals surface area contributed by atoms with E-state index in [0.717, 1.165) is 5.69 Å². The molecule has 1 aromatic carbocycles. The lowest BCUT2D eigenvalue weighted by Gasteiger charge is -2.29. The predicted molar refractivity (Wildman–Crippen MR) is 125 cm³/mol. The number of nitrogens with zero attached hydrogens (tertiary/aromatic N) is 2. The minimum Gasteiger partial charge on any atom is -0.366 e. The number of aryl methyl sites for hydroxylation is 1. The van der Waals surface area contributed by atoms with E-state index >= 15 is 0 Å². The average molecular weight is 470 g/mol. The molecule has 3 rings (SSSR count). The van der Waals surface area contributed by atoms with E-state index in [2.05, 4.69) is 10.4 Å². The Balaban J connectivity index is 1.81. The number of unbranched alkanes of at least 4 members (excludes halogenated alkanes) is 2. The number of rotatable bonds is 9. The van der Waals surface area contributed by atoms with Gasteiger partial charge in [-0.05, 0) is 49.8 Å². The van der Waals surface area contributed by atoms with Gasteiger partial charge in [0.2, 0.25) is 11.8 Å². The van der Waals surface area contributed by atoms with Gasteiger partial charge in [-0.15, -0.1) is 0 Å². The molecular formula is C24H31N5O5. The second-order valence-electron chi connectivity index (χ2n) is 9.50. The zero-order valence-electron chi connectivity index (χ0n) is 19.7. The molecule has 0 spiro atoms. The molecule has 34 heavy (non-hydrogen) atoms. The molecule has 0 atom stereocenters. The molecule has 1 aliphatic rings. The summed E-state index contributed by atoms with van der Waals surface area (Å²) in [6.07, 6.45) is 3.22. The number of nitrogens with two attached hydrogens (primary N) is 1. The number of fused-ring (bicyclic) bond motifs is 1. The lowest BCUT2D eigenvalue weighted by atomic mass is 9.75. The number of hydrogen-bond donors (Lipinski definition) is 4. The van der Waals surface area contributed by atoms with Crippen molar-refractivity contribution in [2.75, 3.05) is 5.32 Å². The van der Waals surface area contributed by atoms with Crippen LogP contribution < -0.4 is 16.5 Å². The van der Waals surface area contributed by atoms with Crippen LogP contribution in [0.25, 0.3) is 5.69 Å². The van der Waals surface area contributed by atoms with Crippen LogP contribution >= 0.6 is 0 Å². The Morgan fingerprint density at radius 2 is 1.79 bits per heavy atom. The van der Waals surface area contributed by atoms with Gasteiger partial charge in [0.1, 0.15) is 0 Å². The number of carbonyl (C=O) groups is 4. The first-order valence-corrected chi connectivity index (χ1v) is 11.3. The van der Waals surface area contributed by atoms with Gasteiger partial charge in [0.25, 0.3) is 5.91 Å². The minimum absolute atomic E-state index is 0.0637. The number of anilines is 1. The van der Waals surface area contributed by atoms with E-state index < -0.39 is 11.8 Å². The van der Waals surface area contributed by atoms with Crippen molar-refractivity contribution in [3.63, 3.8) is 0 Å². The number of aromatic nitrogens is 2. The standard InChI is InChI=1S/C24H31N5O5/c1-14-22-18(12-24(2,3)13-19(22)30)29(27-14)15-9-10-16(23(25)33)17(11-15)26-20(31)7-5-4-6-8-21(32)28-34/h9-11,34H,4-8,12-13H2,1-3H3,(H2,25,33)(H,26,31)(H,28,32). The lowest BCUT2D eigenvalue weighted by molar-refractivity contribution is -0.129. The first-order chi connectivity index (χ1) is 16.0. The molecule has 1 aliphatic carbocycles. The molecule has 182 valence electrons. The van der Waals surface area contributed by atoms with Gasteiger partial charge in [0, 0.05) is 19.3 Å². The molecule has 1 aromatic heterocycles. The van der Waals surface area contributed by atoms with Crippen molar-refractivity contribution in [3.05, 3.63) is 40.7 Å². The van der Waals surface area contributed by atoms with Gasteiger partial charge in [0.15, 0.2) is 5.78 Å². The van der Waals surface area contributed by atoms with Crippen molar-refractivity contribution in [2.45, 2.75) is 65.7 Å². The average Bonchev–Trinajstić information content (AvgIpc) is 3.08. The summed E-state index contributed by atoms with van der Waals surface area (Å²) in [6, 6.07) is 4.88. The topological polar surface area (TPSA) is 156 Å². The van der Waals surface area contributed by atoms with Crippen LogP contribution in [0.1, 0.15) is 84.5 Å². The zero-order valence-corrected chi connectivity index (χ0v) is 19.7. The second kappa shape index (κ2) is 10.2. The molecule has 0 saturated carbocycles. The van der Waals surface area contributed by atoms with Crippen molar-refractivity contribution in [1.29, 1.82) is 0 Å². The Labute approximate surface area is 197 Å². The summed E-state index contributed by atoms with van der Waals surface area (Å²) in [7, 11) is 0. The zero-order chi connectivity index (χ0) is 25.0. The van der Waals surface area contributed by atoms with Crippen LogP contribution in [0.2, 0.25) is 0 Å². The number of primary amides is 1. The molecule has 0 saturated heterocycles. The van der Waals surface area contributed by atoms with E-state index in [9.17, 15) is 19.2 Å². The number of ketones is 1. The van der Waals surface area contributed by atoms with Crippen molar-refractivity contribution in [3.8, 4) is 5.69 Å². The van der Waals surface area contributed by atoms with Crippen molar-refractivity contribution in [2.24, 2.45) is 11.1 Å². The summed E-state index contributed by atoms with van der Waals surface area (Å²) in [5.41, 5.74) is 10.1. The summed E-state index contributed by atoms with van der Waals surface area (Å²) >= 11 is 0. The molecule has 0 aliphatic heterocycles. The lowest BCUT2D eigenvalue weighted by Crippen LogP contribution is -2.28. The maximum Gasteiger partial charge on any atom is 0.250 e. The van der Waals surface area contributed by atoms with E-state index in [1.54, 1.807) is 35.3 Å². The van der Waals surface area contributed by atoms with Gasteiger partial charge in [-0.2, -0.15) is 5.10 Å². The summed E-state index contributed by atoms with van der Waals surface area (Å²) in [5, 5.41) is 15.8. The molecule has 10 heteroatoms. The number of hydrogen-bond acceptors (Lipinski definition) is 6. The molecule has 1 heterocycles. The minimum atomic E-state index is -0.674. The van der Waals surface area contributed by atoms with Gasteiger partial charge in [-0.3, -0.25) is 24.4 Å². The Morgan fingerprint density at radius 3 is 2.44 bits per heavy atom. The van der Waals surface area contributed by atoms with Crippen LogP contribution in [-0.2, 0) is 16.0 Å². The van der Waals surface area contributed by atoms with Crippen LogP contribution in [0, 0.1) is 12.3 Å². The first-order valence-electron chi connectivity index (χ1n) is 11.3. The summed E-state index contributed by atoms with van der Waals surface area (Å²) in [6.45, 7) is 5.88. The quantitative estimate of drug-likeness (QED) is 0.251. The molecule has 2 aromatic rings. The van der Waals surface area contributed by atoms with E-state index in [1.165, 1.54) is 0 Å². The number of carbonyl (C=O) groups excluding carboxylic acids is 4. The fraction of sp³-hybridized carbons (Fsp3) is 0.458. The van der Waals surface area contributed by atoms with Crippen LogP contribution in [-0.4, -0.2) is 38.5 Å². The van der Waals surface area contributed by atoms with E-state index in [1.807, 2.05) is 13.8 Å². The Hall–Kier alpha value is -3.53. The molecule has 3 amide bonds. The highest BCUT2D eigenvalue weighted by molar-refractivity contribution is 6.03. The van der Waals surface area contributed by atoms with E-state index in [-0.39, 0.29) is 41.2 Å². The SMILES string of the molecule is Cc1nn(-c2ccc(C(N)=O)c(NC(=O)CCCCCC(=O)NO)c2)c2c1C(=O)CC(C)(C)C2. The van der Waals surface area contributed by atoms with Gasteiger partial charge in [0.05, 0.1) is 33.9 Å². The largest absolute Gasteiger partial charge is 0.366 e. The van der Waals surface area contributed by atoms with Gasteiger partial charge in [-0.25, -0.2) is 10.2 Å². The number of benzene rings is 1. The van der Waals surface area contributed by atoms with Gasteiger partial charge < -0.3 is 11.1 Å². The predicted octanol–water partition coefficient (Wildman–Crippen LogP) is 2.83. The fourth-order valence-electron chi connectivity index (χ4n) is 4.35. The molecular weight excluding hydrogens is 438 g/mol. The van der Waals surface area contributed by atoms with Crippen molar-refractivity contribution < 1.29 is 24.4 Å². The number of amides is 3. The second-order valence-corrected chi connectivity index (χ2v) is 9.50. The Morgan fingerprint density at radius 1 is 1.12 bits per heavy atom. The third-order valence-corrected chi connectivity index (χ3v) is 5.94. The van der Waals surface area contributed by atoms with Gasteiger partial charge >= 0.3 is 0 Å². The fourth-order valence-corrected chi connectivity index (χ4v) is 4.35. The molecule has 0 radical (unpaired) electrons. The molecule has 0 fully saturated rings. The molecule has 10 nitrogen and oxygen atoms in total. The molecule has 0 unspecified atom stereocenters. The smallest absolute Gasteiger partial charge is 0.250 e. The summed E-state index contributed by atoms with van der Waals surface area (Å²) in [4.78, 5) is 48.2. The third-order valence-electron chi connectivity index (χ3n) is 5.94. The summed E-state index contributed by atoms with van der Waals surface area (Å²) in [5.74, 6) is -1.37. The van der Waals surface area contributed by atoms with Gasteiger partial charge in [-0.1, -0.05) is 20.3 Å². The third kappa shape index (κ3) is 5.69. The number of Topliss-reactive ketones (excluding diaryl/α,β-unsaturated/α-hetero) is 1. The molecule has 5 N–H and O–H groups in total. The normalized spacial score (nSPS) is 14.4. The molecule has 0 bridgehead atoms. The highest BCUT2D eigenvalue weighted by atomic mass is 16.5. The first kappa shape index (κ1) is 25.1. The summed E-state index contributed by atoms with van der Waals surface area (Å²) < 4.78 is 1.70. The van der Waals surface area contributed by atoms with Crippen LogP contribution in [0.5, 0.6) is 0 Å². The Kier molecular flexibility index (Phi) is 7.51. The number of hydroxylamine groups is 1. The Bertz CT molecular complexity index is 1140. The maximum atomic E-state index is 12.7. The maximum absolute atomic E-state index is 12.7. The van der Waals surface area contributed by atoms with E-state index in [0.29, 0.717) is 49.0 Å². The van der Waals surface area contributed by atoms with E-state index in [4.69, 9.17) is 10.9 Å². The highest BCUT2D eigenvalue weighted by Gasteiger charge is 2.35. The van der Waals surface area contributed by atoms with Crippen molar-refractivity contribution >= 4 is 29.2 Å². The monoisotopic (exact) mass is 469 g/mol. The van der Waals surface area contributed by atoms with Crippen LogP contribution in [0.4, 0.5) is 5.69 Å². The van der Waals surface area contributed by atoms with Crippen LogP contribution in [0.3, 0.4) is 0 Å². The van der Waals surface area contributed by atoms with Crippen LogP contribution in [0.15, 0.2) is 18.2 Å². The number of nitrogens with one attached hydrogen (secondary N) is 2. The highest BCUT2D eigenvalue weighted by Crippen LogP contribution is 2.37.